The van der Waals surface area contributed by atoms with E-state index in [-0.39, 0.29) is 10.8 Å². The fourth-order valence-electron chi connectivity index (χ4n) is 3.94. The molecule has 2 atom stereocenters. The zero-order valence-electron chi connectivity index (χ0n) is 17.7. The summed E-state index contributed by atoms with van der Waals surface area (Å²) in [6.07, 6.45) is 10.1. The Kier molecular flexibility index (Phi) is 6.51. The molecule has 1 fully saturated rings. The zero-order chi connectivity index (χ0) is 22.6. The molecule has 0 saturated carbocycles. The Balaban J connectivity index is 1.39. The number of piperidine rings is 1. The maximum absolute atomic E-state index is 13.2. The predicted molar refractivity (Wildman–Crippen MR) is 121 cm³/mol. The molecule has 0 amide bonds. The summed E-state index contributed by atoms with van der Waals surface area (Å²) in [6, 6.07) is 6.47. The van der Waals surface area contributed by atoms with E-state index in [0.717, 1.165) is 25.1 Å². The lowest BCUT2D eigenvalue weighted by Crippen LogP contribution is -2.49. The van der Waals surface area contributed by atoms with Crippen molar-refractivity contribution in [2.75, 3.05) is 19.6 Å². The molecule has 0 aliphatic carbocycles. The van der Waals surface area contributed by atoms with E-state index in [9.17, 15) is 8.42 Å². The maximum atomic E-state index is 13.2. The van der Waals surface area contributed by atoms with Crippen LogP contribution in [0, 0.1) is 5.92 Å². The first-order valence-electron chi connectivity index (χ1n) is 10.5. The van der Waals surface area contributed by atoms with E-state index in [1.54, 1.807) is 59.4 Å². The molecular weight excluding hydrogens is 428 g/mol. The highest BCUT2D eigenvalue weighted by molar-refractivity contribution is 7.89. The smallest absolute Gasteiger partial charge is 0.243 e. The molecule has 2 aromatic rings. The van der Waals surface area contributed by atoms with E-state index in [4.69, 9.17) is 11.5 Å². The molecule has 32 heavy (non-hydrogen) atoms. The lowest BCUT2D eigenvalue weighted by molar-refractivity contribution is 0.259. The van der Waals surface area contributed by atoms with E-state index >= 15 is 0 Å². The van der Waals surface area contributed by atoms with Gasteiger partial charge in [-0.15, -0.1) is 0 Å². The van der Waals surface area contributed by atoms with Crippen LogP contribution in [0.4, 0.5) is 0 Å². The third-order valence-corrected chi connectivity index (χ3v) is 7.51. The van der Waals surface area contributed by atoms with Gasteiger partial charge in [-0.25, -0.2) is 13.4 Å². The quantitative estimate of drug-likeness (QED) is 0.461. The molecule has 10 nitrogen and oxygen atoms in total. The van der Waals surface area contributed by atoms with Crippen LogP contribution in [0.1, 0.15) is 24.1 Å². The van der Waals surface area contributed by atoms with Crippen molar-refractivity contribution < 1.29 is 8.42 Å². The second-order valence-electron chi connectivity index (χ2n) is 8.00. The van der Waals surface area contributed by atoms with Crippen molar-refractivity contribution in [3.8, 4) is 0 Å². The van der Waals surface area contributed by atoms with Crippen LogP contribution in [0.3, 0.4) is 0 Å². The standard InChI is InChI=1S/C21H28N8O2S/c22-20-7-8-27-21(23,28-20)17-3-5-19(6-4-17)32(30,31)29-11-1-2-16(15-29)12-25-14-18-13-24-9-10-26-18/h3-10,13,16,25,27H,1-2,11-12,14-15,23H2,(H2,22,28). The first kappa shape index (κ1) is 22.3. The number of hydrogen-bond acceptors (Lipinski definition) is 9. The summed E-state index contributed by atoms with van der Waals surface area (Å²) in [7, 11) is -3.60. The average Bonchev–Trinajstić information content (AvgIpc) is 2.80. The van der Waals surface area contributed by atoms with Crippen LogP contribution in [0.15, 0.2) is 65.0 Å². The van der Waals surface area contributed by atoms with E-state index in [1.807, 2.05) is 0 Å². The number of aliphatic imine (C=N–C) groups is 1. The third kappa shape index (κ3) is 4.96. The number of nitrogens with two attached hydrogens (primary N) is 2. The van der Waals surface area contributed by atoms with Crippen molar-refractivity contribution in [2.45, 2.75) is 30.1 Å². The second kappa shape index (κ2) is 9.33. The first-order valence-corrected chi connectivity index (χ1v) is 12.0. The van der Waals surface area contributed by atoms with Crippen molar-refractivity contribution in [3.05, 3.63) is 66.4 Å². The molecular formula is C21H28N8O2S. The van der Waals surface area contributed by atoms with Gasteiger partial charge in [0.05, 0.1) is 10.6 Å². The molecule has 2 aliphatic heterocycles. The van der Waals surface area contributed by atoms with E-state index in [1.165, 1.54) is 0 Å². The number of hydrogen-bond donors (Lipinski definition) is 4. The van der Waals surface area contributed by atoms with Crippen LogP contribution in [-0.4, -0.2) is 48.2 Å². The number of rotatable bonds is 7. The molecule has 2 unspecified atom stereocenters. The summed E-state index contributed by atoms with van der Waals surface area (Å²) in [4.78, 5) is 12.8. The summed E-state index contributed by atoms with van der Waals surface area (Å²) in [5.41, 5.74) is 13.5. The molecule has 3 heterocycles. The highest BCUT2D eigenvalue weighted by Gasteiger charge is 2.32. The fourth-order valence-corrected chi connectivity index (χ4v) is 5.50. The third-order valence-electron chi connectivity index (χ3n) is 5.63. The summed E-state index contributed by atoms with van der Waals surface area (Å²) in [6.45, 7) is 2.32. The van der Waals surface area contributed by atoms with E-state index in [0.29, 0.717) is 31.0 Å². The summed E-state index contributed by atoms with van der Waals surface area (Å²) >= 11 is 0. The van der Waals surface area contributed by atoms with Gasteiger partial charge in [-0.3, -0.25) is 15.7 Å². The molecule has 2 aliphatic rings. The first-order chi connectivity index (χ1) is 15.4. The van der Waals surface area contributed by atoms with Crippen LogP contribution in [-0.2, 0) is 22.4 Å². The average molecular weight is 457 g/mol. The lowest BCUT2D eigenvalue weighted by atomic mass is 10.00. The Morgan fingerprint density at radius 3 is 2.78 bits per heavy atom. The number of aromatic nitrogens is 2. The van der Waals surface area contributed by atoms with Gasteiger partial charge >= 0.3 is 0 Å². The van der Waals surface area contributed by atoms with Crippen LogP contribution >= 0.6 is 0 Å². The summed E-state index contributed by atoms with van der Waals surface area (Å²) in [5, 5.41) is 6.32. The number of amidine groups is 1. The van der Waals surface area contributed by atoms with E-state index in [2.05, 4.69) is 25.6 Å². The van der Waals surface area contributed by atoms with Gasteiger partial charge in [-0.1, -0.05) is 12.1 Å². The van der Waals surface area contributed by atoms with Gasteiger partial charge in [-0.2, -0.15) is 4.31 Å². The number of nitrogens with zero attached hydrogens (tertiary/aromatic N) is 4. The Bertz CT molecular complexity index is 1090. The lowest BCUT2D eigenvalue weighted by Gasteiger charge is -2.32. The predicted octanol–water partition coefficient (Wildman–Crippen LogP) is 0.210. The van der Waals surface area contributed by atoms with Crippen molar-refractivity contribution in [2.24, 2.45) is 22.4 Å². The van der Waals surface area contributed by atoms with Gasteiger partial charge in [0.15, 0.2) is 0 Å². The minimum absolute atomic E-state index is 0.234. The molecule has 6 N–H and O–H groups in total. The van der Waals surface area contributed by atoms with E-state index < -0.39 is 15.8 Å². The molecule has 4 rings (SSSR count). The minimum Gasteiger partial charge on any atom is -0.384 e. The Morgan fingerprint density at radius 1 is 1.25 bits per heavy atom. The normalized spacial score (nSPS) is 24.0. The maximum Gasteiger partial charge on any atom is 0.243 e. The monoisotopic (exact) mass is 456 g/mol. The van der Waals surface area contributed by atoms with Crippen LogP contribution in [0.2, 0.25) is 0 Å². The number of benzene rings is 1. The number of nitrogens with one attached hydrogen (secondary N) is 2. The van der Waals surface area contributed by atoms with Gasteiger partial charge in [0.2, 0.25) is 15.8 Å². The number of sulfonamides is 1. The SMILES string of the molecule is NC1=NC(N)(c2ccc(S(=O)(=O)N3CCCC(CNCc4cnccn4)C3)cc2)NC=C1. The van der Waals surface area contributed by atoms with Crippen molar-refractivity contribution in [3.63, 3.8) is 0 Å². The minimum atomic E-state index is -3.60. The molecule has 1 saturated heterocycles. The Morgan fingerprint density at radius 2 is 2.06 bits per heavy atom. The Labute approximate surface area is 187 Å². The molecule has 11 heteroatoms. The topological polar surface area (TPSA) is 152 Å². The van der Waals surface area contributed by atoms with Crippen LogP contribution in [0.5, 0.6) is 0 Å². The van der Waals surface area contributed by atoms with Crippen molar-refractivity contribution >= 4 is 15.9 Å². The largest absolute Gasteiger partial charge is 0.384 e. The molecule has 0 spiro atoms. The molecule has 0 bridgehead atoms. The van der Waals surface area contributed by atoms with Crippen molar-refractivity contribution in [1.29, 1.82) is 0 Å². The van der Waals surface area contributed by atoms with Crippen LogP contribution in [0.25, 0.3) is 0 Å². The molecule has 1 aromatic carbocycles. The highest BCUT2D eigenvalue weighted by Crippen LogP contribution is 2.26. The second-order valence-corrected chi connectivity index (χ2v) is 9.94. The highest BCUT2D eigenvalue weighted by atomic mass is 32.2. The van der Waals surface area contributed by atoms with Crippen LogP contribution < -0.4 is 22.1 Å². The summed E-state index contributed by atoms with van der Waals surface area (Å²) < 4.78 is 28.0. The molecule has 170 valence electrons. The van der Waals surface area contributed by atoms with Gasteiger partial charge in [-0.05, 0) is 43.5 Å². The van der Waals surface area contributed by atoms with Gasteiger partial charge in [0.1, 0.15) is 5.84 Å². The van der Waals surface area contributed by atoms with Gasteiger partial charge in [0.25, 0.3) is 0 Å². The van der Waals surface area contributed by atoms with Gasteiger partial charge in [0, 0.05) is 50.0 Å². The Hall–Kier alpha value is -2.86. The van der Waals surface area contributed by atoms with Gasteiger partial charge < -0.3 is 16.4 Å². The fraction of sp³-hybridized carbons (Fsp3) is 0.381. The molecule has 0 radical (unpaired) electrons. The van der Waals surface area contributed by atoms with Crippen molar-refractivity contribution in [1.82, 2.24) is 24.9 Å². The summed E-state index contributed by atoms with van der Waals surface area (Å²) in [5.74, 6) is -0.681. The zero-order valence-corrected chi connectivity index (χ0v) is 18.5. The molecule has 1 aromatic heterocycles.